The minimum absolute atomic E-state index is 0.173. The zero-order chi connectivity index (χ0) is 26.9. The number of aromatic nitrogens is 5. The van der Waals surface area contributed by atoms with Gasteiger partial charge in [0.2, 0.25) is 11.8 Å². The molecule has 2 N–H and O–H groups in total. The van der Waals surface area contributed by atoms with Gasteiger partial charge in [-0.05, 0) is 81.3 Å². The molecule has 9 nitrogen and oxygen atoms in total. The quantitative estimate of drug-likeness (QED) is 0.360. The number of carbonyl (C=O) groups is 1. The van der Waals surface area contributed by atoms with Gasteiger partial charge >= 0.3 is 5.97 Å². The fourth-order valence-corrected chi connectivity index (χ4v) is 6.75. The van der Waals surface area contributed by atoms with Crippen molar-refractivity contribution in [3.63, 3.8) is 0 Å². The number of pyridine rings is 1. The lowest BCUT2D eigenvalue weighted by atomic mass is 9.80. The number of imidazole rings is 1. The Labute approximate surface area is 230 Å². The molecule has 3 aromatic heterocycles. The predicted molar refractivity (Wildman–Crippen MR) is 152 cm³/mol. The molecule has 0 amide bonds. The number of nitrogens with zero attached hydrogens (tertiary/aromatic N) is 6. The number of hydrogen-bond acceptors (Lipinski definition) is 7. The molecular weight excluding hydrogens is 490 g/mol. The van der Waals surface area contributed by atoms with Crippen LogP contribution in [0.2, 0.25) is 0 Å². The van der Waals surface area contributed by atoms with E-state index in [1.54, 1.807) is 0 Å². The van der Waals surface area contributed by atoms with Crippen LogP contribution in [0.15, 0.2) is 24.5 Å². The molecule has 3 fully saturated rings. The Morgan fingerprint density at radius 1 is 1.08 bits per heavy atom. The number of carboxylic acid groups (broad SMARTS) is 1. The molecule has 0 spiro atoms. The maximum atomic E-state index is 12.1. The van der Waals surface area contributed by atoms with E-state index in [1.807, 2.05) is 18.5 Å². The molecule has 9 heteroatoms. The molecule has 0 aromatic carbocycles. The monoisotopic (exact) mass is 531 g/mol. The number of carboxylic acids is 1. The number of piperidine rings is 1. The Kier molecular flexibility index (Phi) is 7.40. The molecular formula is C30H41N7O2. The van der Waals surface area contributed by atoms with Crippen LogP contribution in [0.4, 0.5) is 11.8 Å². The van der Waals surface area contributed by atoms with Crippen LogP contribution in [0.5, 0.6) is 0 Å². The second kappa shape index (κ2) is 11.1. The van der Waals surface area contributed by atoms with Crippen LogP contribution in [-0.2, 0) is 6.54 Å². The standard InChI is InChI=1S/C30H41N7O2/c1-19-11-13-21(14-12-19)18-37-25-26(32-20(2)22-7-5-8-22)33-28(29(38)39)34-27(25)35-30(37)36-16-4-3-10-24(36)23-9-6-15-31-17-23/h6,9,15,17,19-22,24H,3-5,7-8,10-14,16,18H2,1-2H3,(H,38,39)(H,32,33,34)/t19?,20-,21?,24?/m1/s1. The highest BCUT2D eigenvalue weighted by Crippen LogP contribution is 2.39. The molecule has 2 atom stereocenters. The molecule has 4 heterocycles. The largest absolute Gasteiger partial charge is 0.475 e. The van der Waals surface area contributed by atoms with Crippen molar-refractivity contribution in [2.24, 2.45) is 17.8 Å². The van der Waals surface area contributed by atoms with Gasteiger partial charge in [-0.3, -0.25) is 4.98 Å². The van der Waals surface area contributed by atoms with Crippen molar-refractivity contribution in [2.45, 2.75) is 96.7 Å². The van der Waals surface area contributed by atoms with Crippen LogP contribution >= 0.6 is 0 Å². The number of aromatic carboxylic acids is 1. The molecule has 3 aromatic rings. The Bertz CT molecular complexity index is 1300. The lowest BCUT2D eigenvalue weighted by Crippen LogP contribution is -2.36. The maximum absolute atomic E-state index is 12.1. The molecule has 6 rings (SSSR count). The normalized spacial score (nSPS) is 24.9. The zero-order valence-corrected chi connectivity index (χ0v) is 23.2. The molecule has 3 aliphatic rings. The van der Waals surface area contributed by atoms with Gasteiger partial charge < -0.3 is 19.9 Å². The predicted octanol–water partition coefficient (Wildman–Crippen LogP) is 6.08. The van der Waals surface area contributed by atoms with Crippen LogP contribution in [0.25, 0.3) is 11.2 Å². The number of rotatable bonds is 8. The van der Waals surface area contributed by atoms with Crippen molar-refractivity contribution in [1.82, 2.24) is 24.5 Å². The highest BCUT2D eigenvalue weighted by molar-refractivity contribution is 5.91. The van der Waals surface area contributed by atoms with Gasteiger partial charge in [0.25, 0.3) is 0 Å². The van der Waals surface area contributed by atoms with Gasteiger partial charge in [-0.2, -0.15) is 4.98 Å². The molecule has 0 radical (unpaired) electrons. The first-order chi connectivity index (χ1) is 19.0. The first kappa shape index (κ1) is 26.0. The van der Waals surface area contributed by atoms with Crippen molar-refractivity contribution in [2.75, 3.05) is 16.8 Å². The SMILES string of the molecule is CC1CCC(Cn2c(N3CCCCC3c3cccnc3)nc3nc(C(=O)O)nc(N[C@H](C)C4CCC4)c32)CC1. The number of anilines is 2. The van der Waals surface area contributed by atoms with E-state index >= 15 is 0 Å². The highest BCUT2D eigenvalue weighted by atomic mass is 16.4. The third-order valence-corrected chi connectivity index (χ3v) is 9.40. The van der Waals surface area contributed by atoms with Crippen molar-refractivity contribution >= 4 is 28.9 Å². The second-order valence-electron chi connectivity index (χ2n) is 12.1. The van der Waals surface area contributed by atoms with Crippen LogP contribution in [0, 0.1) is 17.8 Å². The van der Waals surface area contributed by atoms with Crippen molar-refractivity contribution < 1.29 is 9.90 Å². The zero-order valence-electron chi connectivity index (χ0n) is 23.2. The highest BCUT2D eigenvalue weighted by Gasteiger charge is 2.33. The van der Waals surface area contributed by atoms with E-state index in [9.17, 15) is 9.90 Å². The van der Waals surface area contributed by atoms with Gasteiger partial charge in [-0.15, -0.1) is 0 Å². The summed E-state index contributed by atoms with van der Waals surface area (Å²) in [6, 6.07) is 4.54. The van der Waals surface area contributed by atoms with Crippen molar-refractivity contribution in [3.05, 3.63) is 35.9 Å². The van der Waals surface area contributed by atoms with E-state index in [1.165, 1.54) is 50.5 Å². The van der Waals surface area contributed by atoms with Gasteiger partial charge in [0.15, 0.2) is 11.5 Å². The first-order valence-corrected chi connectivity index (χ1v) is 14.9. The molecule has 0 bridgehead atoms. The van der Waals surface area contributed by atoms with Gasteiger partial charge in [0, 0.05) is 31.5 Å². The van der Waals surface area contributed by atoms with E-state index < -0.39 is 5.97 Å². The summed E-state index contributed by atoms with van der Waals surface area (Å²) in [6.07, 6.45) is 15.6. The molecule has 208 valence electrons. The number of hydrogen-bond donors (Lipinski definition) is 2. The summed E-state index contributed by atoms with van der Waals surface area (Å²) >= 11 is 0. The molecule has 39 heavy (non-hydrogen) atoms. The summed E-state index contributed by atoms with van der Waals surface area (Å²) in [4.78, 5) is 33.0. The van der Waals surface area contributed by atoms with E-state index in [-0.39, 0.29) is 17.9 Å². The fraction of sp³-hybridized carbons (Fsp3) is 0.633. The van der Waals surface area contributed by atoms with Crippen molar-refractivity contribution in [3.8, 4) is 0 Å². The van der Waals surface area contributed by atoms with Gasteiger partial charge in [0.1, 0.15) is 5.52 Å². The average Bonchev–Trinajstić information content (AvgIpc) is 3.27. The van der Waals surface area contributed by atoms with Gasteiger partial charge in [-0.1, -0.05) is 32.3 Å². The Balaban J connectivity index is 1.47. The van der Waals surface area contributed by atoms with Crippen LogP contribution in [-0.4, -0.2) is 48.2 Å². The Morgan fingerprint density at radius 2 is 1.90 bits per heavy atom. The van der Waals surface area contributed by atoms with Gasteiger partial charge in [0.05, 0.1) is 6.04 Å². The summed E-state index contributed by atoms with van der Waals surface area (Å²) in [5, 5.41) is 13.5. The van der Waals surface area contributed by atoms with Crippen LogP contribution in [0.3, 0.4) is 0 Å². The van der Waals surface area contributed by atoms with E-state index in [0.717, 1.165) is 49.7 Å². The van der Waals surface area contributed by atoms with E-state index in [2.05, 4.69) is 49.6 Å². The minimum atomic E-state index is -1.13. The third-order valence-electron chi connectivity index (χ3n) is 9.40. The number of fused-ring (bicyclic) bond motifs is 1. The molecule has 2 aliphatic carbocycles. The molecule has 1 aliphatic heterocycles. The van der Waals surface area contributed by atoms with E-state index in [0.29, 0.717) is 23.3 Å². The topological polar surface area (TPSA) is 109 Å². The average molecular weight is 532 g/mol. The van der Waals surface area contributed by atoms with Crippen LogP contribution < -0.4 is 10.2 Å². The van der Waals surface area contributed by atoms with Crippen LogP contribution in [0.1, 0.15) is 100 Å². The molecule has 2 saturated carbocycles. The van der Waals surface area contributed by atoms with E-state index in [4.69, 9.17) is 4.98 Å². The summed E-state index contributed by atoms with van der Waals surface area (Å²) in [5.41, 5.74) is 2.51. The fourth-order valence-electron chi connectivity index (χ4n) is 6.75. The maximum Gasteiger partial charge on any atom is 0.374 e. The Morgan fingerprint density at radius 3 is 2.59 bits per heavy atom. The summed E-state index contributed by atoms with van der Waals surface area (Å²) < 4.78 is 2.33. The lowest BCUT2D eigenvalue weighted by molar-refractivity contribution is 0.0684. The molecule has 1 unspecified atom stereocenters. The Hall–Kier alpha value is -3.23. The smallest absolute Gasteiger partial charge is 0.374 e. The minimum Gasteiger partial charge on any atom is -0.475 e. The summed E-state index contributed by atoms with van der Waals surface area (Å²) in [7, 11) is 0. The second-order valence-corrected chi connectivity index (χ2v) is 12.1. The summed E-state index contributed by atoms with van der Waals surface area (Å²) in [5.74, 6) is 2.07. The van der Waals surface area contributed by atoms with Gasteiger partial charge in [-0.25, -0.2) is 14.8 Å². The third kappa shape index (κ3) is 5.32. The lowest BCUT2D eigenvalue weighted by Gasteiger charge is -2.37. The summed E-state index contributed by atoms with van der Waals surface area (Å²) in [6.45, 7) is 6.28. The number of nitrogens with one attached hydrogen (secondary N) is 1. The van der Waals surface area contributed by atoms with Crippen molar-refractivity contribution in [1.29, 1.82) is 0 Å². The first-order valence-electron chi connectivity index (χ1n) is 14.9. The molecule has 1 saturated heterocycles.